The molecule has 0 spiro atoms. The van der Waals surface area contributed by atoms with Crippen LogP contribution in [0.5, 0.6) is 0 Å². The summed E-state index contributed by atoms with van der Waals surface area (Å²) in [5, 5.41) is 4.02. The number of hydrogen-bond acceptors (Lipinski definition) is 3. The second-order valence-electron chi connectivity index (χ2n) is 7.15. The van der Waals surface area contributed by atoms with Crippen molar-refractivity contribution in [2.45, 2.75) is 38.7 Å². The second kappa shape index (κ2) is 12.5. The molecule has 2 aromatic rings. The highest BCUT2D eigenvalue weighted by Gasteiger charge is 2.16. The summed E-state index contributed by atoms with van der Waals surface area (Å²) in [4.78, 5) is 6.30. The lowest BCUT2D eigenvalue weighted by Crippen LogP contribution is -2.38. The number of benzene rings is 2. The molecule has 0 atom stereocenters. The van der Waals surface area contributed by atoms with Crippen LogP contribution >= 0.6 is 35.6 Å². The molecule has 0 unspecified atom stereocenters. The number of halogens is 2. The normalized spacial score (nSPS) is 11.9. The van der Waals surface area contributed by atoms with Crippen molar-refractivity contribution in [2.75, 3.05) is 14.1 Å². The smallest absolute Gasteiger partial charge is 0.216 e. The first-order valence-corrected chi connectivity index (χ1v) is 11.5. The molecule has 30 heavy (non-hydrogen) atoms. The van der Waals surface area contributed by atoms with Crippen molar-refractivity contribution in [3.8, 4) is 0 Å². The van der Waals surface area contributed by atoms with E-state index in [1.54, 1.807) is 7.05 Å². The number of nitrogens with one attached hydrogen (secondary N) is 2. The molecule has 0 bridgehead atoms. The van der Waals surface area contributed by atoms with Gasteiger partial charge in [-0.3, -0.25) is 4.99 Å². The highest BCUT2D eigenvalue weighted by atomic mass is 127. The molecule has 2 N–H and O–H groups in total. The van der Waals surface area contributed by atoms with Crippen molar-refractivity contribution in [3.05, 3.63) is 70.2 Å². The Morgan fingerprint density at radius 2 is 1.63 bits per heavy atom. The van der Waals surface area contributed by atoms with E-state index in [1.807, 2.05) is 74.3 Å². The van der Waals surface area contributed by atoms with Crippen LogP contribution < -0.4 is 10.0 Å². The summed E-state index contributed by atoms with van der Waals surface area (Å²) in [6, 6.07) is 15.1. The van der Waals surface area contributed by atoms with E-state index in [-0.39, 0.29) is 35.8 Å². The summed E-state index contributed by atoms with van der Waals surface area (Å²) in [6.45, 7) is 4.69. The van der Waals surface area contributed by atoms with Crippen LogP contribution in [0.15, 0.2) is 53.5 Å². The number of hydrogen-bond donors (Lipinski definition) is 2. The Hall–Kier alpha value is -1.36. The number of guanidine groups is 1. The Kier molecular flexibility index (Phi) is 11.1. The quantitative estimate of drug-likeness (QED) is 0.289. The van der Waals surface area contributed by atoms with E-state index < -0.39 is 10.0 Å². The minimum atomic E-state index is -3.40. The monoisotopic (exact) mass is 564 g/mol. The average molecular weight is 565 g/mol. The zero-order valence-corrected chi connectivity index (χ0v) is 21.6. The Labute approximate surface area is 202 Å². The number of rotatable bonds is 8. The minimum absolute atomic E-state index is 0. The van der Waals surface area contributed by atoms with Crippen LogP contribution in [0.25, 0.3) is 0 Å². The maximum atomic E-state index is 12.3. The zero-order valence-electron chi connectivity index (χ0n) is 17.7. The molecule has 0 aliphatic carbocycles. The van der Waals surface area contributed by atoms with E-state index in [0.717, 1.165) is 16.7 Å². The molecule has 2 aromatic carbocycles. The Morgan fingerprint density at radius 1 is 1.07 bits per heavy atom. The van der Waals surface area contributed by atoms with Gasteiger partial charge in [0, 0.05) is 38.2 Å². The minimum Gasteiger partial charge on any atom is -0.352 e. The van der Waals surface area contributed by atoms with Gasteiger partial charge in [-0.05, 0) is 36.6 Å². The number of sulfonamides is 1. The predicted octanol–water partition coefficient (Wildman–Crippen LogP) is 3.99. The van der Waals surface area contributed by atoms with Gasteiger partial charge in [-0.25, -0.2) is 13.1 Å². The molecule has 0 heterocycles. The summed E-state index contributed by atoms with van der Waals surface area (Å²) in [6.07, 6.45) is 0. The molecule has 2 rings (SSSR count). The van der Waals surface area contributed by atoms with Crippen LogP contribution in [-0.4, -0.2) is 39.4 Å². The molecule has 0 aliphatic rings. The van der Waals surface area contributed by atoms with Crippen molar-refractivity contribution >= 4 is 51.6 Å². The Morgan fingerprint density at radius 3 is 2.20 bits per heavy atom. The predicted molar refractivity (Wildman–Crippen MR) is 136 cm³/mol. The van der Waals surface area contributed by atoms with E-state index in [0.29, 0.717) is 24.1 Å². The summed E-state index contributed by atoms with van der Waals surface area (Å²) >= 11 is 6.26. The number of aliphatic imine (C=N–C) groups is 1. The molecular formula is C21H30ClIN4O2S. The third-order valence-corrected chi connectivity index (χ3v) is 6.15. The molecule has 9 heteroatoms. The molecule has 0 aromatic heterocycles. The summed E-state index contributed by atoms with van der Waals surface area (Å²) < 4.78 is 27.3. The Bertz CT molecular complexity index is 952. The van der Waals surface area contributed by atoms with Crippen LogP contribution in [0.2, 0.25) is 5.02 Å². The molecule has 6 nitrogen and oxygen atoms in total. The van der Waals surface area contributed by atoms with Crippen LogP contribution in [0.3, 0.4) is 0 Å². The zero-order chi connectivity index (χ0) is 21.4. The van der Waals surface area contributed by atoms with Gasteiger partial charge in [-0.2, -0.15) is 0 Å². The first-order valence-electron chi connectivity index (χ1n) is 9.44. The van der Waals surface area contributed by atoms with Crippen LogP contribution in [0, 0.1) is 0 Å². The summed E-state index contributed by atoms with van der Waals surface area (Å²) in [5.74, 6) is 0.639. The lowest BCUT2D eigenvalue weighted by Gasteiger charge is -2.23. The maximum Gasteiger partial charge on any atom is 0.216 e. The lowest BCUT2D eigenvalue weighted by atomic mass is 10.1. The molecule has 166 valence electrons. The van der Waals surface area contributed by atoms with Gasteiger partial charge in [0.15, 0.2) is 5.96 Å². The molecule has 0 aliphatic heterocycles. The molecule has 0 saturated carbocycles. The van der Waals surface area contributed by atoms with Gasteiger partial charge in [0.2, 0.25) is 10.0 Å². The third kappa shape index (κ3) is 8.41. The first-order chi connectivity index (χ1) is 13.7. The van der Waals surface area contributed by atoms with Gasteiger partial charge in [-0.1, -0.05) is 54.1 Å². The fraction of sp³-hybridized carbons (Fsp3) is 0.381. The first kappa shape index (κ1) is 26.7. The van der Waals surface area contributed by atoms with E-state index in [4.69, 9.17) is 11.6 Å². The van der Waals surface area contributed by atoms with Crippen LogP contribution in [0.1, 0.15) is 30.5 Å². The molecule has 0 fully saturated rings. The molecular weight excluding hydrogens is 535 g/mol. The summed E-state index contributed by atoms with van der Waals surface area (Å²) in [7, 11) is 0.253. The second-order valence-corrected chi connectivity index (χ2v) is 9.31. The van der Waals surface area contributed by atoms with E-state index in [9.17, 15) is 8.42 Å². The van der Waals surface area contributed by atoms with E-state index in [2.05, 4.69) is 15.0 Å². The van der Waals surface area contributed by atoms with Gasteiger partial charge in [0.1, 0.15) is 0 Å². The van der Waals surface area contributed by atoms with Crippen molar-refractivity contribution in [1.82, 2.24) is 14.9 Å². The van der Waals surface area contributed by atoms with E-state index >= 15 is 0 Å². The highest BCUT2D eigenvalue weighted by Crippen LogP contribution is 2.17. The molecule has 0 saturated heterocycles. The van der Waals surface area contributed by atoms with Crippen LogP contribution in [-0.2, 0) is 28.9 Å². The number of nitrogens with zero attached hydrogens (tertiary/aromatic N) is 2. The van der Waals surface area contributed by atoms with E-state index in [1.165, 1.54) is 0 Å². The topological polar surface area (TPSA) is 73.8 Å². The van der Waals surface area contributed by atoms with Gasteiger partial charge >= 0.3 is 0 Å². The fourth-order valence-corrected chi connectivity index (χ4v) is 4.68. The van der Waals surface area contributed by atoms with Crippen molar-refractivity contribution in [3.63, 3.8) is 0 Å². The maximum absolute atomic E-state index is 12.3. The fourth-order valence-electron chi connectivity index (χ4n) is 2.99. The lowest BCUT2D eigenvalue weighted by molar-refractivity contribution is 0.476. The van der Waals surface area contributed by atoms with Gasteiger partial charge in [0.05, 0.1) is 5.75 Å². The Balaban J connectivity index is 0.00000450. The van der Waals surface area contributed by atoms with Crippen LogP contribution in [0.4, 0.5) is 0 Å². The summed E-state index contributed by atoms with van der Waals surface area (Å²) in [5.41, 5.74) is 2.68. The van der Waals surface area contributed by atoms with Crippen molar-refractivity contribution in [2.24, 2.45) is 4.99 Å². The van der Waals surface area contributed by atoms with Crippen molar-refractivity contribution < 1.29 is 8.42 Å². The van der Waals surface area contributed by atoms with Gasteiger partial charge in [0.25, 0.3) is 0 Å². The molecule has 0 radical (unpaired) electrons. The van der Waals surface area contributed by atoms with Gasteiger partial charge in [-0.15, -0.1) is 24.0 Å². The van der Waals surface area contributed by atoms with Crippen molar-refractivity contribution in [1.29, 1.82) is 0 Å². The highest BCUT2D eigenvalue weighted by molar-refractivity contribution is 14.0. The van der Waals surface area contributed by atoms with Gasteiger partial charge < -0.3 is 10.2 Å². The average Bonchev–Trinajstić information content (AvgIpc) is 2.64. The third-order valence-electron chi connectivity index (χ3n) is 4.25. The molecule has 0 amide bonds. The largest absolute Gasteiger partial charge is 0.352 e. The SMILES string of the molecule is CN=C(NCc1ccccc1CS(=O)(=O)NC(C)C)N(C)Cc1ccccc1Cl.I. The standard InChI is InChI=1S/C21H29ClN4O2S.HI/c1-16(2)25-29(27,28)15-19-11-6-5-9-17(19)13-24-21(23-3)26(4)14-18-10-7-8-12-20(18)22;/h5-12,16,25H,13-15H2,1-4H3,(H,23,24);1H.